The number of para-hydroxylation sites is 1. The molecule has 0 N–H and O–H groups in total. The standard InChI is InChI=1S/C14H21O.C4H9.BrH.Mg/c1-2-3-4-5-6-10-13-15-14-11-8-7-9-12-14;1-3-4-2;;/h7-9,11H,2-6,10,13H2,1H3;1,3-4H2,2H3;1H;/q2*-1;;+2. The third-order valence-corrected chi connectivity index (χ3v) is 2.79. The Morgan fingerprint density at radius 3 is 2.14 bits per heavy atom. The largest absolute Gasteiger partial charge is 2.00 e. The van der Waals surface area contributed by atoms with E-state index in [2.05, 4.69) is 26.8 Å². The molecule has 0 radical (unpaired) electrons. The molecule has 0 fully saturated rings. The first-order chi connectivity index (χ1) is 9.35. The molecule has 0 saturated carbocycles. The second kappa shape index (κ2) is 22.5. The van der Waals surface area contributed by atoms with Crippen molar-refractivity contribution < 1.29 is 4.74 Å². The summed E-state index contributed by atoms with van der Waals surface area (Å²) in [5, 5.41) is 0. The Labute approximate surface area is 159 Å². The average molecular weight is 368 g/mol. The second-order valence-corrected chi connectivity index (χ2v) is 4.70. The smallest absolute Gasteiger partial charge is 0.519 e. The van der Waals surface area contributed by atoms with Crippen LogP contribution in [0, 0.1) is 13.0 Å². The van der Waals surface area contributed by atoms with Gasteiger partial charge in [-0.15, -0.1) is 29.1 Å². The summed E-state index contributed by atoms with van der Waals surface area (Å²) in [4.78, 5) is 0. The van der Waals surface area contributed by atoms with E-state index in [4.69, 9.17) is 4.74 Å². The predicted molar refractivity (Wildman–Crippen MR) is 100 cm³/mol. The molecule has 1 aromatic rings. The van der Waals surface area contributed by atoms with Gasteiger partial charge in [0.25, 0.3) is 0 Å². The van der Waals surface area contributed by atoms with E-state index in [1.165, 1.54) is 38.5 Å². The fourth-order valence-corrected chi connectivity index (χ4v) is 1.53. The van der Waals surface area contributed by atoms with Gasteiger partial charge in [0.1, 0.15) is 0 Å². The number of benzene rings is 1. The second-order valence-electron chi connectivity index (χ2n) is 4.70. The summed E-state index contributed by atoms with van der Waals surface area (Å²) < 4.78 is 5.56. The Morgan fingerprint density at radius 2 is 1.62 bits per heavy atom. The molecule has 3 heteroatoms. The summed E-state index contributed by atoms with van der Waals surface area (Å²) in [6, 6.07) is 10.8. The van der Waals surface area contributed by atoms with Crippen molar-refractivity contribution in [3.05, 3.63) is 37.3 Å². The van der Waals surface area contributed by atoms with Crippen LogP contribution in [0.1, 0.15) is 65.2 Å². The van der Waals surface area contributed by atoms with Crippen molar-refractivity contribution in [2.75, 3.05) is 6.61 Å². The van der Waals surface area contributed by atoms with Gasteiger partial charge in [-0.3, -0.25) is 0 Å². The molecule has 1 nitrogen and oxygen atoms in total. The van der Waals surface area contributed by atoms with E-state index < -0.39 is 0 Å². The first-order valence-electron chi connectivity index (χ1n) is 7.73. The molecular formula is C18H31BrMgO. The molecule has 0 unspecified atom stereocenters. The fraction of sp³-hybridized carbons (Fsp3) is 0.611. The number of rotatable bonds is 9. The Bertz CT molecular complexity index is 265. The molecule has 1 aromatic carbocycles. The molecule has 0 atom stereocenters. The Hall–Kier alpha value is 0.266. The van der Waals surface area contributed by atoms with E-state index >= 15 is 0 Å². The van der Waals surface area contributed by atoms with Crippen LogP contribution in [0.5, 0.6) is 5.75 Å². The zero-order chi connectivity index (χ0) is 14.2. The first kappa shape index (κ1) is 26.2. The van der Waals surface area contributed by atoms with Crippen LogP contribution < -0.4 is 4.74 Å². The van der Waals surface area contributed by atoms with E-state index in [-0.39, 0.29) is 40.0 Å². The zero-order valence-corrected chi connectivity index (χ0v) is 17.0. The van der Waals surface area contributed by atoms with Crippen LogP contribution in [0.3, 0.4) is 0 Å². The third kappa shape index (κ3) is 20.3. The number of halogens is 1. The van der Waals surface area contributed by atoms with Gasteiger partial charge in [0, 0.05) is 5.75 Å². The van der Waals surface area contributed by atoms with E-state index in [1.807, 2.05) is 24.3 Å². The summed E-state index contributed by atoms with van der Waals surface area (Å²) in [7, 11) is 0. The first-order valence-corrected chi connectivity index (χ1v) is 7.73. The normalized spacial score (nSPS) is 8.71. The van der Waals surface area contributed by atoms with Gasteiger partial charge < -0.3 is 11.7 Å². The Balaban J connectivity index is -0.000000482. The minimum absolute atomic E-state index is 0. The molecule has 0 heterocycles. The Kier molecular flexibility index (Phi) is 28.1. The molecule has 0 spiro atoms. The van der Waals surface area contributed by atoms with Crippen molar-refractivity contribution in [3.63, 3.8) is 0 Å². The predicted octanol–water partition coefficient (Wildman–Crippen LogP) is 6.04. The minimum atomic E-state index is 0. The van der Waals surface area contributed by atoms with Gasteiger partial charge in [-0.25, -0.2) is 0 Å². The van der Waals surface area contributed by atoms with Crippen molar-refractivity contribution in [3.8, 4) is 5.75 Å². The zero-order valence-electron chi connectivity index (χ0n) is 13.9. The van der Waals surface area contributed by atoms with Gasteiger partial charge >= 0.3 is 23.1 Å². The van der Waals surface area contributed by atoms with Gasteiger partial charge in [-0.05, 0) is 6.42 Å². The van der Waals surface area contributed by atoms with E-state index in [9.17, 15) is 0 Å². The van der Waals surface area contributed by atoms with Crippen LogP contribution in [0.4, 0.5) is 0 Å². The van der Waals surface area contributed by atoms with Crippen LogP contribution >= 0.6 is 17.0 Å². The van der Waals surface area contributed by atoms with Crippen LogP contribution in [0.25, 0.3) is 0 Å². The average Bonchev–Trinajstić information content (AvgIpc) is 2.48. The SMILES string of the molecule is Br.CCCCCCCCOc1[c-]cccc1.[CH2-]CCC.[Mg+2]. The van der Waals surface area contributed by atoms with Crippen molar-refractivity contribution in [1.29, 1.82) is 0 Å². The monoisotopic (exact) mass is 366 g/mol. The summed E-state index contributed by atoms with van der Waals surface area (Å²) in [6.45, 7) is 8.79. The van der Waals surface area contributed by atoms with Crippen molar-refractivity contribution in [2.24, 2.45) is 0 Å². The molecule has 0 aliphatic rings. The summed E-state index contributed by atoms with van der Waals surface area (Å²) >= 11 is 0. The van der Waals surface area contributed by atoms with Crippen molar-refractivity contribution in [1.82, 2.24) is 0 Å². The van der Waals surface area contributed by atoms with Crippen LogP contribution in [0.2, 0.25) is 0 Å². The molecule has 0 amide bonds. The van der Waals surface area contributed by atoms with Crippen LogP contribution in [0.15, 0.2) is 24.3 Å². The van der Waals surface area contributed by atoms with Gasteiger partial charge in [0.15, 0.2) is 0 Å². The molecule has 0 aliphatic carbocycles. The molecule has 1 rings (SSSR count). The maximum Gasteiger partial charge on any atom is 2.00 e. The number of unbranched alkanes of at least 4 members (excludes halogenated alkanes) is 6. The maximum atomic E-state index is 5.56. The molecule has 0 aromatic heterocycles. The summed E-state index contributed by atoms with van der Waals surface area (Å²) in [6.07, 6.45) is 10.1. The number of ether oxygens (including phenoxy) is 1. The molecule has 118 valence electrons. The van der Waals surface area contributed by atoms with Gasteiger partial charge in [-0.1, -0.05) is 52.4 Å². The third-order valence-electron chi connectivity index (χ3n) is 2.79. The summed E-state index contributed by atoms with van der Waals surface area (Å²) in [5.41, 5.74) is 0. The molecule has 21 heavy (non-hydrogen) atoms. The van der Waals surface area contributed by atoms with Gasteiger partial charge in [0.2, 0.25) is 0 Å². The summed E-state index contributed by atoms with van der Waals surface area (Å²) in [5.74, 6) is 0.867. The van der Waals surface area contributed by atoms with Crippen LogP contribution in [-0.2, 0) is 0 Å². The van der Waals surface area contributed by atoms with E-state index in [1.54, 1.807) is 0 Å². The molecule has 0 bridgehead atoms. The molecule has 0 saturated heterocycles. The van der Waals surface area contributed by atoms with Crippen LogP contribution in [-0.4, -0.2) is 29.7 Å². The van der Waals surface area contributed by atoms with E-state index in [0.717, 1.165) is 25.2 Å². The maximum absolute atomic E-state index is 5.56. The Morgan fingerprint density at radius 1 is 1.00 bits per heavy atom. The topological polar surface area (TPSA) is 9.23 Å². The minimum Gasteiger partial charge on any atom is -0.519 e. The molecule has 0 aliphatic heterocycles. The molecular weight excluding hydrogens is 336 g/mol. The quantitative estimate of drug-likeness (QED) is 0.293. The number of hydrogen-bond donors (Lipinski definition) is 0. The van der Waals surface area contributed by atoms with Crippen molar-refractivity contribution in [2.45, 2.75) is 65.2 Å². The van der Waals surface area contributed by atoms with Crippen molar-refractivity contribution >= 4 is 40.0 Å². The van der Waals surface area contributed by atoms with E-state index in [0.29, 0.717) is 0 Å². The number of hydrogen-bond acceptors (Lipinski definition) is 1. The van der Waals surface area contributed by atoms with Gasteiger partial charge in [-0.2, -0.15) is 24.6 Å². The van der Waals surface area contributed by atoms with Gasteiger partial charge in [0.05, 0.1) is 6.61 Å². The fourth-order valence-electron chi connectivity index (χ4n) is 1.53.